The third-order valence-corrected chi connectivity index (χ3v) is 5.70. The Morgan fingerprint density at radius 3 is 2.83 bits per heavy atom. The summed E-state index contributed by atoms with van der Waals surface area (Å²) in [6.07, 6.45) is 1.62. The summed E-state index contributed by atoms with van der Waals surface area (Å²) in [5, 5.41) is 9.65. The molecule has 0 fully saturated rings. The van der Waals surface area contributed by atoms with Crippen LogP contribution in [0.25, 0.3) is 10.2 Å². The molecule has 0 aliphatic carbocycles. The van der Waals surface area contributed by atoms with Gasteiger partial charge in [-0.3, -0.25) is 0 Å². The van der Waals surface area contributed by atoms with E-state index in [-0.39, 0.29) is 17.1 Å². The van der Waals surface area contributed by atoms with Crippen molar-refractivity contribution in [1.82, 2.24) is 14.7 Å². The van der Waals surface area contributed by atoms with Gasteiger partial charge in [0.25, 0.3) is 0 Å². The van der Waals surface area contributed by atoms with Crippen molar-refractivity contribution in [2.75, 3.05) is 6.54 Å². The van der Waals surface area contributed by atoms with Crippen LogP contribution in [0, 0.1) is 0 Å². The SMILES string of the molecule is O=C(O)c1cc(S(=O)(=O)NCCc2nc3ccccc3s2)c[nH]1. The first kappa shape index (κ1) is 15.7. The smallest absolute Gasteiger partial charge is 0.352 e. The molecule has 0 bridgehead atoms. The van der Waals surface area contributed by atoms with Crippen LogP contribution in [0.1, 0.15) is 15.5 Å². The second kappa shape index (κ2) is 6.11. The molecule has 1 aromatic carbocycles. The zero-order valence-electron chi connectivity index (χ0n) is 11.8. The van der Waals surface area contributed by atoms with Gasteiger partial charge in [0.2, 0.25) is 10.0 Å². The Bertz CT molecular complexity index is 926. The third kappa shape index (κ3) is 3.41. The average Bonchev–Trinajstić information content (AvgIpc) is 3.14. The molecule has 3 N–H and O–H groups in total. The van der Waals surface area contributed by atoms with E-state index in [1.807, 2.05) is 24.3 Å². The fourth-order valence-electron chi connectivity index (χ4n) is 2.06. The maximum absolute atomic E-state index is 12.1. The molecule has 0 radical (unpaired) electrons. The molecule has 3 aromatic rings. The summed E-state index contributed by atoms with van der Waals surface area (Å²) in [7, 11) is -3.74. The first-order valence-corrected chi connectivity index (χ1v) is 9.01. The highest BCUT2D eigenvalue weighted by Gasteiger charge is 2.18. The summed E-state index contributed by atoms with van der Waals surface area (Å²) >= 11 is 1.52. The van der Waals surface area contributed by atoms with E-state index in [1.165, 1.54) is 11.3 Å². The Morgan fingerprint density at radius 1 is 1.35 bits per heavy atom. The van der Waals surface area contributed by atoms with Crippen LogP contribution in [0.4, 0.5) is 0 Å². The second-order valence-corrected chi connectivity index (χ2v) is 7.66. The number of carboxylic acid groups (broad SMARTS) is 1. The zero-order chi connectivity index (χ0) is 16.4. The van der Waals surface area contributed by atoms with E-state index in [2.05, 4.69) is 14.7 Å². The summed E-state index contributed by atoms with van der Waals surface area (Å²) in [6, 6.07) is 8.79. The van der Waals surface area contributed by atoms with E-state index >= 15 is 0 Å². The molecular weight excluding hydrogens is 338 g/mol. The van der Waals surface area contributed by atoms with Crippen molar-refractivity contribution < 1.29 is 18.3 Å². The Balaban J connectivity index is 1.65. The number of hydrogen-bond donors (Lipinski definition) is 3. The number of para-hydroxylation sites is 1. The lowest BCUT2D eigenvalue weighted by molar-refractivity contribution is 0.0691. The molecule has 2 heterocycles. The lowest BCUT2D eigenvalue weighted by Gasteiger charge is -2.03. The van der Waals surface area contributed by atoms with Crippen molar-refractivity contribution in [1.29, 1.82) is 0 Å². The summed E-state index contributed by atoms with van der Waals surface area (Å²) in [5.41, 5.74) is 0.726. The van der Waals surface area contributed by atoms with E-state index in [4.69, 9.17) is 5.11 Å². The highest BCUT2D eigenvalue weighted by atomic mass is 32.2. The van der Waals surface area contributed by atoms with Crippen LogP contribution >= 0.6 is 11.3 Å². The lowest BCUT2D eigenvalue weighted by atomic mass is 10.3. The number of aromatic carboxylic acids is 1. The summed E-state index contributed by atoms with van der Waals surface area (Å²) in [5.74, 6) is -1.21. The van der Waals surface area contributed by atoms with Gasteiger partial charge in [-0.05, 0) is 18.2 Å². The van der Waals surface area contributed by atoms with E-state index in [0.29, 0.717) is 6.42 Å². The summed E-state index contributed by atoms with van der Waals surface area (Å²) < 4.78 is 27.7. The van der Waals surface area contributed by atoms with Gasteiger partial charge in [-0.25, -0.2) is 22.9 Å². The molecule has 3 rings (SSSR count). The second-order valence-electron chi connectivity index (χ2n) is 4.78. The van der Waals surface area contributed by atoms with Gasteiger partial charge in [0.15, 0.2) is 0 Å². The number of nitrogens with one attached hydrogen (secondary N) is 2. The molecule has 0 saturated carbocycles. The molecule has 23 heavy (non-hydrogen) atoms. The highest BCUT2D eigenvalue weighted by molar-refractivity contribution is 7.89. The molecule has 0 spiro atoms. The predicted octanol–water partition coefficient (Wildman–Crippen LogP) is 1.84. The minimum atomic E-state index is -3.74. The molecule has 120 valence electrons. The van der Waals surface area contributed by atoms with Gasteiger partial charge in [0.05, 0.1) is 15.2 Å². The first-order valence-electron chi connectivity index (χ1n) is 6.71. The number of carbonyl (C=O) groups is 1. The normalized spacial score (nSPS) is 11.8. The number of hydrogen-bond acceptors (Lipinski definition) is 5. The number of aromatic amines is 1. The van der Waals surface area contributed by atoms with Gasteiger partial charge in [-0.1, -0.05) is 12.1 Å². The number of fused-ring (bicyclic) bond motifs is 1. The number of benzene rings is 1. The van der Waals surface area contributed by atoms with Crippen molar-refractivity contribution in [3.05, 3.63) is 47.2 Å². The van der Waals surface area contributed by atoms with E-state index < -0.39 is 16.0 Å². The molecule has 0 saturated heterocycles. The average molecular weight is 351 g/mol. The van der Waals surface area contributed by atoms with Crippen LogP contribution < -0.4 is 4.72 Å². The molecule has 7 nitrogen and oxygen atoms in total. The maximum atomic E-state index is 12.1. The molecule has 0 aliphatic rings. The minimum Gasteiger partial charge on any atom is -0.477 e. The number of nitrogens with zero attached hydrogens (tertiary/aromatic N) is 1. The van der Waals surface area contributed by atoms with E-state index in [1.54, 1.807) is 0 Å². The number of aromatic nitrogens is 2. The Labute approximate surface area is 136 Å². The number of rotatable bonds is 6. The predicted molar refractivity (Wildman–Crippen MR) is 86.3 cm³/mol. The highest BCUT2D eigenvalue weighted by Crippen LogP contribution is 2.21. The third-order valence-electron chi connectivity index (χ3n) is 3.17. The molecule has 9 heteroatoms. The largest absolute Gasteiger partial charge is 0.477 e. The summed E-state index contributed by atoms with van der Waals surface area (Å²) in [6.45, 7) is 0.190. The monoisotopic (exact) mass is 351 g/mol. The van der Waals surface area contributed by atoms with Gasteiger partial charge in [0.1, 0.15) is 10.6 Å². The molecule has 0 atom stereocenters. The van der Waals surface area contributed by atoms with Gasteiger partial charge in [-0.15, -0.1) is 11.3 Å². The van der Waals surface area contributed by atoms with E-state index in [9.17, 15) is 13.2 Å². The number of carboxylic acids is 1. The Kier molecular flexibility index (Phi) is 4.16. The topological polar surface area (TPSA) is 112 Å². The lowest BCUT2D eigenvalue weighted by Crippen LogP contribution is -2.25. The van der Waals surface area contributed by atoms with Crippen molar-refractivity contribution in [3.63, 3.8) is 0 Å². The van der Waals surface area contributed by atoms with Crippen LogP contribution in [0.3, 0.4) is 0 Å². The van der Waals surface area contributed by atoms with Crippen LogP contribution in [-0.4, -0.2) is 36.0 Å². The van der Waals surface area contributed by atoms with Crippen LogP contribution in [0.5, 0.6) is 0 Å². The molecule has 0 aliphatic heterocycles. The number of thiazole rings is 1. The molecule has 2 aromatic heterocycles. The fourth-order valence-corrected chi connectivity index (χ4v) is 4.05. The number of sulfonamides is 1. The summed E-state index contributed by atoms with van der Waals surface area (Å²) in [4.78, 5) is 17.5. The quantitative estimate of drug-likeness (QED) is 0.627. The fraction of sp³-hybridized carbons (Fsp3) is 0.143. The minimum absolute atomic E-state index is 0.0980. The van der Waals surface area contributed by atoms with Crippen molar-refractivity contribution in [2.24, 2.45) is 0 Å². The van der Waals surface area contributed by atoms with Crippen molar-refractivity contribution in [3.8, 4) is 0 Å². The van der Waals surface area contributed by atoms with Crippen molar-refractivity contribution >= 4 is 37.5 Å². The van der Waals surface area contributed by atoms with Gasteiger partial charge in [0, 0.05) is 19.2 Å². The van der Waals surface area contributed by atoms with E-state index in [0.717, 1.165) is 27.5 Å². The molecular formula is C14H13N3O4S2. The Morgan fingerprint density at radius 2 is 2.13 bits per heavy atom. The molecule has 0 unspecified atom stereocenters. The van der Waals surface area contributed by atoms with Gasteiger partial charge in [-0.2, -0.15) is 0 Å². The zero-order valence-corrected chi connectivity index (χ0v) is 13.4. The van der Waals surface area contributed by atoms with Crippen molar-refractivity contribution in [2.45, 2.75) is 11.3 Å². The van der Waals surface area contributed by atoms with Gasteiger partial charge < -0.3 is 10.1 Å². The number of H-pyrrole nitrogens is 1. The first-order chi connectivity index (χ1) is 11.0. The maximum Gasteiger partial charge on any atom is 0.352 e. The van der Waals surface area contributed by atoms with Crippen LogP contribution in [-0.2, 0) is 16.4 Å². The van der Waals surface area contributed by atoms with Crippen LogP contribution in [0.2, 0.25) is 0 Å². The molecule has 0 amide bonds. The standard InChI is InChI=1S/C14H13N3O4S2/c18-14(19)11-7-9(8-15-11)23(20,21)16-6-5-13-17-10-3-1-2-4-12(10)22-13/h1-4,7-8,15-16H,5-6H2,(H,18,19). The van der Waals surface area contributed by atoms with Gasteiger partial charge >= 0.3 is 5.97 Å². The van der Waals surface area contributed by atoms with Crippen LogP contribution in [0.15, 0.2) is 41.4 Å². The Hall–Kier alpha value is -2.23.